The fraction of sp³-hybridized carbons (Fsp3) is 0.100. The summed E-state index contributed by atoms with van der Waals surface area (Å²) < 4.78 is 2.41. The van der Waals surface area contributed by atoms with Gasteiger partial charge in [-0.15, -0.1) is 11.3 Å². The first kappa shape index (κ1) is 12.1. The Hall–Kier alpha value is -2.00. The van der Waals surface area contributed by atoms with Crippen molar-refractivity contribution in [2.45, 2.75) is 16.4 Å². The SMILES string of the molecule is Cc1csc(Sc2nc(N)nc(-n3cccn3)n2)n1. The van der Waals surface area contributed by atoms with Gasteiger partial charge in [0.15, 0.2) is 4.34 Å². The van der Waals surface area contributed by atoms with Gasteiger partial charge in [0.1, 0.15) is 0 Å². The standard InChI is InChI=1S/C10H9N7S2/c1-6-5-18-10(13-6)19-9-15-7(11)14-8(16-9)17-4-2-3-12-17/h2-5H,1H3,(H2,11,14,15,16). The predicted molar refractivity (Wildman–Crippen MR) is 72.3 cm³/mol. The second-order valence-electron chi connectivity index (χ2n) is 3.58. The first-order chi connectivity index (χ1) is 9.20. The van der Waals surface area contributed by atoms with E-state index in [0.29, 0.717) is 11.1 Å². The number of nitrogen functional groups attached to an aromatic ring is 1. The van der Waals surface area contributed by atoms with Crippen molar-refractivity contribution < 1.29 is 0 Å². The highest BCUT2D eigenvalue weighted by Crippen LogP contribution is 2.28. The fourth-order valence-electron chi connectivity index (χ4n) is 1.35. The number of nitrogens with zero attached hydrogens (tertiary/aromatic N) is 6. The molecular formula is C10H9N7S2. The molecule has 0 fully saturated rings. The fourth-order valence-corrected chi connectivity index (χ4v) is 3.05. The van der Waals surface area contributed by atoms with E-state index in [4.69, 9.17) is 5.73 Å². The maximum absolute atomic E-state index is 5.69. The second kappa shape index (κ2) is 4.94. The molecule has 0 radical (unpaired) electrons. The maximum atomic E-state index is 5.69. The molecule has 0 aliphatic carbocycles. The van der Waals surface area contributed by atoms with Crippen LogP contribution in [-0.4, -0.2) is 29.7 Å². The molecule has 96 valence electrons. The summed E-state index contributed by atoms with van der Waals surface area (Å²) in [6.45, 7) is 1.94. The molecule has 19 heavy (non-hydrogen) atoms. The van der Waals surface area contributed by atoms with Crippen LogP contribution in [0.4, 0.5) is 5.95 Å². The topological polar surface area (TPSA) is 95.4 Å². The molecule has 3 heterocycles. The van der Waals surface area contributed by atoms with Crippen LogP contribution in [0.3, 0.4) is 0 Å². The molecule has 0 aliphatic rings. The van der Waals surface area contributed by atoms with Crippen molar-refractivity contribution in [3.05, 3.63) is 29.5 Å². The minimum absolute atomic E-state index is 0.163. The lowest BCUT2D eigenvalue weighted by Gasteiger charge is -2.02. The highest BCUT2D eigenvalue weighted by atomic mass is 32.2. The van der Waals surface area contributed by atoms with Crippen LogP contribution in [0.25, 0.3) is 5.95 Å². The van der Waals surface area contributed by atoms with Crippen molar-refractivity contribution in [1.82, 2.24) is 29.7 Å². The molecule has 0 unspecified atom stereocenters. The molecule has 0 aliphatic heterocycles. The molecule has 3 rings (SSSR count). The largest absolute Gasteiger partial charge is 0.368 e. The lowest BCUT2D eigenvalue weighted by atomic mass is 10.6. The first-order valence-corrected chi connectivity index (χ1v) is 7.02. The Labute approximate surface area is 116 Å². The van der Waals surface area contributed by atoms with Crippen molar-refractivity contribution in [3.63, 3.8) is 0 Å². The summed E-state index contributed by atoms with van der Waals surface area (Å²) in [6, 6.07) is 1.79. The second-order valence-corrected chi connectivity index (χ2v) is 5.66. The van der Waals surface area contributed by atoms with Crippen LogP contribution in [0.2, 0.25) is 0 Å². The van der Waals surface area contributed by atoms with Crippen molar-refractivity contribution in [2.75, 3.05) is 5.73 Å². The van der Waals surface area contributed by atoms with E-state index >= 15 is 0 Å². The quantitative estimate of drug-likeness (QED) is 0.782. The summed E-state index contributed by atoms with van der Waals surface area (Å²) in [4.78, 5) is 16.8. The van der Waals surface area contributed by atoms with E-state index in [2.05, 4.69) is 25.0 Å². The summed E-state index contributed by atoms with van der Waals surface area (Å²) in [7, 11) is 0. The molecule has 0 spiro atoms. The third-order valence-corrected chi connectivity index (χ3v) is 4.03. The van der Waals surface area contributed by atoms with Crippen LogP contribution in [0.15, 0.2) is 33.3 Å². The number of hydrogen-bond donors (Lipinski definition) is 1. The van der Waals surface area contributed by atoms with Crippen LogP contribution >= 0.6 is 23.1 Å². The van der Waals surface area contributed by atoms with Crippen LogP contribution in [0.1, 0.15) is 5.69 Å². The Morgan fingerprint density at radius 1 is 1.26 bits per heavy atom. The zero-order valence-electron chi connectivity index (χ0n) is 9.89. The molecule has 0 amide bonds. The first-order valence-electron chi connectivity index (χ1n) is 5.32. The molecule has 3 aromatic heterocycles. The number of anilines is 1. The van der Waals surface area contributed by atoms with E-state index in [1.165, 1.54) is 16.4 Å². The van der Waals surface area contributed by atoms with E-state index in [1.807, 2.05) is 12.3 Å². The van der Waals surface area contributed by atoms with Gasteiger partial charge in [0.25, 0.3) is 5.95 Å². The number of rotatable bonds is 3. The summed E-state index contributed by atoms with van der Waals surface area (Å²) in [5.74, 6) is 0.560. The van der Waals surface area contributed by atoms with E-state index in [9.17, 15) is 0 Å². The van der Waals surface area contributed by atoms with Crippen LogP contribution in [0, 0.1) is 6.92 Å². The Balaban J connectivity index is 1.94. The molecule has 0 saturated carbocycles. The number of aryl methyl sites for hydroxylation is 1. The van der Waals surface area contributed by atoms with Crippen molar-refractivity contribution in [3.8, 4) is 5.95 Å². The smallest absolute Gasteiger partial charge is 0.256 e. The Morgan fingerprint density at radius 2 is 2.16 bits per heavy atom. The Morgan fingerprint density at radius 3 is 2.84 bits per heavy atom. The molecule has 7 nitrogen and oxygen atoms in total. The molecule has 0 aromatic carbocycles. The number of hydrogen-bond acceptors (Lipinski definition) is 8. The van der Waals surface area contributed by atoms with Gasteiger partial charge in [-0.2, -0.15) is 20.1 Å². The zero-order valence-corrected chi connectivity index (χ0v) is 11.5. The molecule has 0 saturated heterocycles. The normalized spacial score (nSPS) is 10.8. The van der Waals surface area contributed by atoms with Crippen LogP contribution in [-0.2, 0) is 0 Å². The van der Waals surface area contributed by atoms with Crippen molar-refractivity contribution >= 4 is 29.0 Å². The van der Waals surface area contributed by atoms with Crippen molar-refractivity contribution in [2.24, 2.45) is 0 Å². The predicted octanol–water partition coefficient (Wildman–Crippen LogP) is 1.56. The number of nitrogens with two attached hydrogens (primary N) is 1. The van der Waals surface area contributed by atoms with Gasteiger partial charge in [-0.3, -0.25) is 0 Å². The Kier molecular flexibility index (Phi) is 3.13. The summed E-state index contributed by atoms with van der Waals surface area (Å²) in [5, 5.41) is 6.55. The van der Waals surface area contributed by atoms with Gasteiger partial charge >= 0.3 is 0 Å². The summed E-state index contributed by atoms with van der Waals surface area (Å²) >= 11 is 2.90. The maximum Gasteiger partial charge on any atom is 0.256 e. The van der Waals surface area contributed by atoms with E-state index in [1.54, 1.807) is 29.8 Å². The molecular weight excluding hydrogens is 282 g/mol. The van der Waals surface area contributed by atoms with Gasteiger partial charge < -0.3 is 5.73 Å². The highest BCUT2D eigenvalue weighted by Gasteiger charge is 2.10. The third kappa shape index (κ3) is 2.71. The summed E-state index contributed by atoms with van der Waals surface area (Å²) in [6.07, 6.45) is 3.40. The molecule has 3 aromatic rings. The molecule has 2 N–H and O–H groups in total. The molecule has 0 bridgehead atoms. The molecule has 9 heteroatoms. The van der Waals surface area contributed by atoms with Gasteiger partial charge in [-0.25, -0.2) is 9.67 Å². The highest BCUT2D eigenvalue weighted by molar-refractivity contribution is 8.00. The van der Waals surface area contributed by atoms with E-state index < -0.39 is 0 Å². The Bertz CT molecular complexity index is 692. The van der Waals surface area contributed by atoms with Crippen LogP contribution < -0.4 is 5.73 Å². The molecule has 0 atom stereocenters. The third-order valence-electron chi connectivity index (χ3n) is 2.11. The van der Waals surface area contributed by atoms with Gasteiger partial charge in [-0.05, 0) is 24.8 Å². The number of thiazole rings is 1. The van der Waals surface area contributed by atoms with E-state index in [0.717, 1.165) is 10.0 Å². The average molecular weight is 291 g/mol. The van der Waals surface area contributed by atoms with Gasteiger partial charge in [0, 0.05) is 23.5 Å². The van der Waals surface area contributed by atoms with Gasteiger partial charge in [-0.1, -0.05) is 0 Å². The number of aromatic nitrogens is 6. The van der Waals surface area contributed by atoms with Gasteiger partial charge in [0.2, 0.25) is 11.1 Å². The monoisotopic (exact) mass is 291 g/mol. The van der Waals surface area contributed by atoms with Crippen molar-refractivity contribution in [1.29, 1.82) is 0 Å². The van der Waals surface area contributed by atoms with Gasteiger partial charge in [0.05, 0.1) is 0 Å². The minimum Gasteiger partial charge on any atom is -0.368 e. The zero-order chi connectivity index (χ0) is 13.2. The average Bonchev–Trinajstić information content (AvgIpc) is 3.00. The lowest BCUT2D eigenvalue weighted by molar-refractivity contribution is 0.764. The minimum atomic E-state index is 0.163. The van der Waals surface area contributed by atoms with Crippen LogP contribution in [0.5, 0.6) is 0 Å². The lowest BCUT2D eigenvalue weighted by Crippen LogP contribution is -2.07. The summed E-state index contributed by atoms with van der Waals surface area (Å²) in [5.41, 5.74) is 6.66. The van der Waals surface area contributed by atoms with E-state index in [-0.39, 0.29) is 5.95 Å².